The molecule has 1 aromatic heterocycles. The molecule has 0 unspecified atom stereocenters. The molecule has 2 heterocycles. The Morgan fingerprint density at radius 1 is 1.00 bits per heavy atom. The summed E-state index contributed by atoms with van der Waals surface area (Å²) in [5, 5.41) is 5.70. The van der Waals surface area contributed by atoms with Gasteiger partial charge in [-0.25, -0.2) is 4.90 Å². The van der Waals surface area contributed by atoms with Crippen LogP contribution in [0.1, 0.15) is 10.4 Å². The molecular formula is C23H20ClN3O2S. The van der Waals surface area contributed by atoms with Gasteiger partial charge in [0.1, 0.15) is 5.70 Å². The van der Waals surface area contributed by atoms with Gasteiger partial charge in [-0.05, 0) is 60.3 Å². The van der Waals surface area contributed by atoms with E-state index in [1.807, 2.05) is 73.8 Å². The van der Waals surface area contributed by atoms with Gasteiger partial charge in [-0.1, -0.05) is 23.7 Å². The SMILES string of the molecule is Cc1cc(Cl)ccc1NC1=C(c2cccs2)C(=O)N(c2cccc(N(C)C)c2)C1=O. The molecule has 4 rings (SSSR count). The number of nitrogens with one attached hydrogen (secondary N) is 1. The first-order valence-corrected chi connectivity index (χ1v) is 10.6. The van der Waals surface area contributed by atoms with Crippen molar-refractivity contribution in [2.75, 3.05) is 29.2 Å². The fourth-order valence-corrected chi connectivity index (χ4v) is 4.34. The van der Waals surface area contributed by atoms with Gasteiger partial charge in [0.2, 0.25) is 0 Å². The van der Waals surface area contributed by atoms with Crippen molar-refractivity contribution in [2.24, 2.45) is 0 Å². The third kappa shape index (κ3) is 3.60. The molecule has 5 nitrogen and oxygen atoms in total. The summed E-state index contributed by atoms with van der Waals surface area (Å²) < 4.78 is 0. The summed E-state index contributed by atoms with van der Waals surface area (Å²) in [7, 11) is 3.83. The van der Waals surface area contributed by atoms with Crippen molar-refractivity contribution in [1.29, 1.82) is 0 Å². The summed E-state index contributed by atoms with van der Waals surface area (Å²) in [6.45, 7) is 1.90. The molecule has 3 aromatic rings. The number of carbonyl (C=O) groups is 2. The quantitative estimate of drug-likeness (QED) is 0.559. The molecular weight excluding hydrogens is 418 g/mol. The maximum absolute atomic E-state index is 13.4. The van der Waals surface area contributed by atoms with Gasteiger partial charge in [0, 0.05) is 35.4 Å². The number of carbonyl (C=O) groups excluding carboxylic acids is 2. The molecule has 30 heavy (non-hydrogen) atoms. The Bertz CT molecular complexity index is 1170. The number of rotatable bonds is 5. The highest BCUT2D eigenvalue weighted by atomic mass is 35.5. The van der Waals surface area contributed by atoms with Gasteiger partial charge in [-0.15, -0.1) is 11.3 Å². The molecule has 0 atom stereocenters. The molecule has 0 saturated heterocycles. The molecule has 2 aromatic carbocycles. The number of thiophene rings is 1. The highest BCUT2D eigenvalue weighted by molar-refractivity contribution is 7.11. The van der Waals surface area contributed by atoms with Crippen LogP contribution in [0.15, 0.2) is 65.7 Å². The van der Waals surface area contributed by atoms with E-state index in [9.17, 15) is 9.59 Å². The smallest absolute Gasteiger partial charge is 0.282 e. The summed E-state index contributed by atoms with van der Waals surface area (Å²) in [5.74, 6) is -0.721. The zero-order valence-electron chi connectivity index (χ0n) is 16.8. The summed E-state index contributed by atoms with van der Waals surface area (Å²) in [6, 6.07) is 16.5. The van der Waals surface area contributed by atoms with Gasteiger partial charge in [-0.3, -0.25) is 9.59 Å². The van der Waals surface area contributed by atoms with E-state index < -0.39 is 0 Å². The molecule has 1 aliphatic heterocycles. The number of hydrogen-bond acceptors (Lipinski definition) is 5. The van der Waals surface area contributed by atoms with Crippen LogP contribution in [0.2, 0.25) is 5.02 Å². The van der Waals surface area contributed by atoms with Crippen LogP contribution < -0.4 is 15.1 Å². The van der Waals surface area contributed by atoms with Crippen LogP contribution in [0.3, 0.4) is 0 Å². The number of halogens is 1. The summed E-state index contributed by atoms with van der Waals surface area (Å²) in [5.41, 5.74) is 3.70. The Hall–Kier alpha value is -3.09. The van der Waals surface area contributed by atoms with Crippen LogP contribution in [0.25, 0.3) is 5.57 Å². The molecule has 0 radical (unpaired) electrons. The van der Waals surface area contributed by atoms with Crippen LogP contribution in [0, 0.1) is 6.92 Å². The second-order valence-electron chi connectivity index (χ2n) is 7.17. The van der Waals surface area contributed by atoms with Crippen LogP contribution in [-0.2, 0) is 9.59 Å². The monoisotopic (exact) mass is 437 g/mol. The number of nitrogens with zero attached hydrogens (tertiary/aromatic N) is 2. The van der Waals surface area contributed by atoms with Crippen molar-refractivity contribution in [3.05, 3.63) is 81.1 Å². The summed E-state index contributed by atoms with van der Waals surface area (Å²) in [6.07, 6.45) is 0. The number of imide groups is 1. The first-order chi connectivity index (χ1) is 14.4. The molecule has 2 amide bonds. The lowest BCUT2D eigenvalue weighted by Gasteiger charge is -2.19. The number of amides is 2. The predicted octanol–water partition coefficient (Wildman–Crippen LogP) is 5.17. The first-order valence-electron chi connectivity index (χ1n) is 9.34. The average molecular weight is 438 g/mol. The van der Waals surface area contributed by atoms with E-state index in [-0.39, 0.29) is 17.5 Å². The Morgan fingerprint density at radius 3 is 2.47 bits per heavy atom. The Morgan fingerprint density at radius 2 is 1.80 bits per heavy atom. The van der Waals surface area contributed by atoms with E-state index in [4.69, 9.17) is 11.6 Å². The maximum atomic E-state index is 13.4. The van der Waals surface area contributed by atoms with Gasteiger partial charge in [-0.2, -0.15) is 0 Å². The molecule has 7 heteroatoms. The molecule has 1 aliphatic rings. The number of anilines is 3. The van der Waals surface area contributed by atoms with Crippen molar-refractivity contribution in [3.63, 3.8) is 0 Å². The third-order valence-electron chi connectivity index (χ3n) is 4.90. The zero-order valence-corrected chi connectivity index (χ0v) is 18.3. The minimum absolute atomic E-state index is 0.267. The molecule has 0 aliphatic carbocycles. The van der Waals surface area contributed by atoms with Crippen molar-refractivity contribution in [2.45, 2.75) is 6.92 Å². The van der Waals surface area contributed by atoms with Crippen molar-refractivity contribution in [3.8, 4) is 0 Å². The van der Waals surface area contributed by atoms with Gasteiger partial charge in [0.25, 0.3) is 11.8 Å². The topological polar surface area (TPSA) is 52.7 Å². The van der Waals surface area contributed by atoms with Gasteiger partial charge in [0.05, 0.1) is 11.3 Å². The van der Waals surface area contributed by atoms with Gasteiger partial charge in [0.15, 0.2) is 0 Å². The second-order valence-corrected chi connectivity index (χ2v) is 8.56. The Balaban J connectivity index is 1.80. The third-order valence-corrected chi connectivity index (χ3v) is 6.03. The van der Waals surface area contributed by atoms with Crippen molar-refractivity contribution in [1.82, 2.24) is 0 Å². The minimum atomic E-state index is -0.381. The largest absolute Gasteiger partial charge is 0.378 e. The van der Waals surface area contributed by atoms with Gasteiger partial charge >= 0.3 is 0 Å². The van der Waals surface area contributed by atoms with E-state index in [2.05, 4.69) is 5.32 Å². The maximum Gasteiger partial charge on any atom is 0.282 e. The molecule has 0 fully saturated rings. The fourth-order valence-electron chi connectivity index (χ4n) is 3.34. The first kappa shape index (κ1) is 20.2. The van der Waals surface area contributed by atoms with E-state index in [1.54, 1.807) is 12.1 Å². The zero-order chi connectivity index (χ0) is 21.4. The van der Waals surface area contributed by atoms with Gasteiger partial charge < -0.3 is 10.2 Å². The Labute approximate surface area is 184 Å². The lowest BCUT2D eigenvalue weighted by molar-refractivity contribution is -0.120. The minimum Gasteiger partial charge on any atom is -0.378 e. The molecule has 152 valence electrons. The predicted molar refractivity (Wildman–Crippen MR) is 124 cm³/mol. The van der Waals surface area contributed by atoms with Crippen molar-refractivity contribution < 1.29 is 9.59 Å². The van der Waals surface area contributed by atoms with E-state index in [1.165, 1.54) is 16.2 Å². The van der Waals surface area contributed by atoms with Crippen molar-refractivity contribution >= 4 is 57.4 Å². The number of aryl methyl sites for hydroxylation is 1. The van der Waals surface area contributed by atoms with E-state index in [0.29, 0.717) is 16.3 Å². The highest BCUT2D eigenvalue weighted by Gasteiger charge is 2.40. The molecule has 0 saturated carbocycles. The summed E-state index contributed by atoms with van der Waals surface area (Å²) in [4.78, 5) is 30.8. The van der Waals surface area contributed by atoms with Crippen LogP contribution in [0.4, 0.5) is 17.1 Å². The molecule has 0 spiro atoms. The summed E-state index contributed by atoms with van der Waals surface area (Å²) >= 11 is 7.49. The molecule has 0 bridgehead atoms. The van der Waals surface area contributed by atoms with Crippen LogP contribution in [0.5, 0.6) is 0 Å². The fraction of sp³-hybridized carbons (Fsp3) is 0.130. The van der Waals surface area contributed by atoms with E-state index >= 15 is 0 Å². The normalized spacial score (nSPS) is 13.9. The Kier molecular flexibility index (Phi) is 5.37. The number of hydrogen-bond donors (Lipinski definition) is 1. The number of benzene rings is 2. The lowest BCUT2D eigenvalue weighted by Crippen LogP contribution is -2.32. The second kappa shape index (κ2) is 7.97. The standard InChI is InChI=1S/C23H20ClN3O2S/c1-14-12-15(24)9-10-18(14)25-21-20(19-8-5-11-30-19)22(28)27(23(21)29)17-7-4-6-16(13-17)26(2)3/h4-13,25H,1-3H3. The van der Waals surface area contributed by atoms with Crippen LogP contribution >= 0.6 is 22.9 Å². The molecule has 1 N–H and O–H groups in total. The lowest BCUT2D eigenvalue weighted by atomic mass is 10.1. The van der Waals surface area contributed by atoms with Crippen LogP contribution in [-0.4, -0.2) is 25.9 Å². The highest BCUT2D eigenvalue weighted by Crippen LogP contribution is 2.37. The average Bonchev–Trinajstić information content (AvgIpc) is 3.31. The van der Waals surface area contributed by atoms with E-state index in [0.717, 1.165) is 21.8 Å².